The number of hydrogen-bond acceptors (Lipinski definition) is 2. The van der Waals surface area contributed by atoms with Crippen molar-refractivity contribution >= 4 is 0 Å². The fraction of sp³-hybridized carbons (Fsp3) is 1.00. The lowest BCUT2D eigenvalue weighted by molar-refractivity contribution is -0.107. The molecule has 1 fully saturated rings. The molecule has 1 rings (SSSR count). The molecule has 1 aliphatic rings. The molecular formula is C16H32O2. The third kappa shape index (κ3) is 8.93. The van der Waals surface area contributed by atoms with Gasteiger partial charge in [-0.2, -0.15) is 0 Å². The van der Waals surface area contributed by atoms with Gasteiger partial charge < -0.3 is 9.84 Å². The van der Waals surface area contributed by atoms with Crippen molar-refractivity contribution in [2.24, 2.45) is 5.92 Å². The topological polar surface area (TPSA) is 29.5 Å². The molecule has 0 radical (unpaired) electrons. The third-order valence-corrected chi connectivity index (χ3v) is 4.07. The molecule has 108 valence electrons. The largest absolute Gasteiger partial charge is 0.368 e. The molecule has 0 saturated carbocycles. The Balaban J connectivity index is 2.18. The normalized spacial score (nSPS) is 31.0. The fourth-order valence-corrected chi connectivity index (χ4v) is 2.68. The zero-order valence-electron chi connectivity index (χ0n) is 12.2. The number of hydrogen-bond donors (Lipinski definition) is 1. The van der Waals surface area contributed by atoms with Gasteiger partial charge in [-0.3, -0.25) is 0 Å². The van der Waals surface area contributed by atoms with Crippen molar-refractivity contribution < 1.29 is 9.84 Å². The number of rotatable bonds is 0. The number of aliphatic hydroxyl groups excluding tert-OH is 1. The van der Waals surface area contributed by atoms with E-state index in [4.69, 9.17) is 4.74 Å². The zero-order valence-corrected chi connectivity index (χ0v) is 12.2. The van der Waals surface area contributed by atoms with Crippen LogP contribution in [0.5, 0.6) is 0 Å². The van der Waals surface area contributed by atoms with E-state index < -0.39 is 6.29 Å². The van der Waals surface area contributed by atoms with Gasteiger partial charge >= 0.3 is 0 Å². The molecule has 0 aromatic heterocycles. The first kappa shape index (κ1) is 16.0. The van der Waals surface area contributed by atoms with E-state index in [1.165, 1.54) is 57.8 Å². The van der Waals surface area contributed by atoms with Gasteiger partial charge in [-0.25, -0.2) is 0 Å². The smallest absolute Gasteiger partial charge is 0.154 e. The van der Waals surface area contributed by atoms with Crippen LogP contribution in [0.25, 0.3) is 0 Å². The number of aliphatic hydroxyl groups is 1. The molecule has 2 nitrogen and oxygen atoms in total. The summed E-state index contributed by atoms with van der Waals surface area (Å²) in [7, 11) is 0. The fourth-order valence-electron chi connectivity index (χ4n) is 2.68. The molecule has 2 atom stereocenters. The van der Waals surface area contributed by atoms with Crippen molar-refractivity contribution in [3.05, 3.63) is 0 Å². The summed E-state index contributed by atoms with van der Waals surface area (Å²) < 4.78 is 5.47. The van der Waals surface area contributed by atoms with Crippen LogP contribution in [0.3, 0.4) is 0 Å². The summed E-state index contributed by atoms with van der Waals surface area (Å²) in [6, 6.07) is 0. The Morgan fingerprint density at radius 2 is 1.22 bits per heavy atom. The Bertz CT molecular complexity index is 164. The predicted molar refractivity (Wildman–Crippen MR) is 76.5 cm³/mol. The second-order valence-electron chi connectivity index (χ2n) is 5.98. The van der Waals surface area contributed by atoms with Crippen molar-refractivity contribution in [2.45, 2.75) is 90.3 Å². The van der Waals surface area contributed by atoms with Crippen LogP contribution in [0.15, 0.2) is 0 Å². The van der Waals surface area contributed by atoms with Crippen molar-refractivity contribution in [1.29, 1.82) is 0 Å². The Hall–Kier alpha value is -0.0800. The summed E-state index contributed by atoms with van der Waals surface area (Å²) in [5.74, 6) is 0.741. The highest BCUT2D eigenvalue weighted by molar-refractivity contribution is 4.56. The first-order chi connectivity index (χ1) is 8.79. The first-order valence-corrected chi connectivity index (χ1v) is 8.08. The van der Waals surface area contributed by atoms with E-state index in [1.807, 2.05) is 0 Å². The van der Waals surface area contributed by atoms with Crippen LogP contribution >= 0.6 is 0 Å². The van der Waals surface area contributed by atoms with Crippen molar-refractivity contribution in [3.63, 3.8) is 0 Å². The van der Waals surface area contributed by atoms with E-state index in [-0.39, 0.29) is 0 Å². The molecule has 1 aliphatic heterocycles. The molecule has 0 bridgehead atoms. The lowest BCUT2D eigenvalue weighted by Crippen LogP contribution is -2.14. The summed E-state index contributed by atoms with van der Waals surface area (Å²) in [5, 5.41) is 9.68. The monoisotopic (exact) mass is 256 g/mol. The van der Waals surface area contributed by atoms with Crippen molar-refractivity contribution in [1.82, 2.24) is 0 Å². The molecule has 1 heterocycles. The SMILES string of the molecule is CC1CCCCCCCCCCCC(O)OCC1. The van der Waals surface area contributed by atoms with Crippen LogP contribution in [0.4, 0.5) is 0 Å². The van der Waals surface area contributed by atoms with E-state index >= 15 is 0 Å². The van der Waals surface area contributed by atoms with Crippen molar-refractivity contribution in [3.8, 4) is 0 Å². The Labute approximate surface area is 113 Å². The molecule has 1 saturated heterocycles. The van der Waals surface area contributed by atoms with Gasteiger partial charge in [0.1, 0.15) is 0 Å². The maximum absolute atomic E-state index is 9.68. The summed E-state index contributed by atoms with van der Waals surface area (Å²) in [6.45, 7) is 3.03. The van der Waals surface area contributed by atoms with Gasteiger partial charge in [-0.1, -0.05) is 64.7 Å². The van der Waals surface area contributed by atoms with E-state index in [0.717, 1.165) is 31.8 Å². The van der Waals surface area contributed by atoms with Crippen LogP contribution in [-0.2, 0) is 4.74 Å². The molecule has 18 heavy (non-hydrogen) atoms. The molecule has 2 heteroatoms. The predicted octanol–water partition coefficient (Wildman–Crippen LogP) is 4.65. The van der Waals surface area contributed by atoms with Gasteiger partial charge in [0.25, 0.3) is 0 Å². The molecule has 1 N–H and O–H groups in total. The lowest BCUT2D eigenvalue weighted by atomic mass is 9.99. The standard InChI is InChI=1S/C16H32O2/c1-15-11-9-7-5-3-2-4-6-8-10-12-16(17)18-14-13-15/h15-17H,2-14H2,1H3. The van der Waals surface area contributed by atoms with Gasteiger partial charge in [0.05, 0.1) is 0 Å². The second-order valence-corrected chi connectivity index (χ2v) is 5.98. The van der Waals surface area contributed by atoms with Gasteiger partial charge in [0, 0.05) is 6.61 Å². The minimum Gasteiger partial charge on any atom is -0.368 e. The summed E-state index contributed by atoms with van der Waals surface area (Å²) in [6.07, 6.45) is 14.7. The van der Waals surface area contributed by atoms with E-state index in [9.17, 15) is 5.11 Å². The minimum absolute atomic E-state index is 0.523. The Kier molecular flexibility index (Phi) is 9.59. The van der Waals surface area contributed by atoms with Gasteiger partial charge in [0.15, 0.2) is 6.29 Å². The minimum atomic E-state index is -0.523. The molecule has 0 amide bonds. The van der Waals surface area contributed by atoms with Gasteiger partial charge in [-0.15, -0.1) is 0 Å². The van der Waals surface area contributed by atoms with Crippen LogP contribution < -0.4 is 0 Å². The average molecular weight is 256 g/mol. The second kappa shape index (κ2) is 10.8. The van der Waals surface area contributed by atoms with Crippen LogP contribution in [0.1, 0.15) is 84.0 Å². The Morgan fingerprint density at radius 1 is 0.722 bits per heavy atom. The molecule has 0 spiro atoms. The highest BCUT2D eigenvalue weighted by atomic mass is 16.6. The maximum atomic E-state index is 9.68. The highest BCUT2D eigenvalue weighted by Gasteiger charge is 2.07. The lowest BCUT2D eigenvalue weighted by Gasteiger charge is -2.15. The van der Waals surface area contributed by atoms with Gasteiger partial charge in [0.2, 0.25) is 0 Å². The molecule has 0 aromatic carbocycles. The van der Waals surface area contributed by atoms with Gasteiger partial charge in [-0.05, 0) is 25.2 Å². The van der Waals surface area contributed by atoms with E-state index in [0.29, 0.717) is 0 Å². The summed E-state index contributed by atoms with van der Waals surface area (Å²) in [4.78, 5) is 0. The highest BCUT2D eigenvalue weighted by Crippen LogP contribution is 2.17. The third-order valence-electron chi connectivity index (χ3n) is 4.07. The molecular weight excluding hydrogens is 224 g/mol. The number of ether oxygens (including phenoxy) is 1. The Morgan fingerprint density at radius 3 is 1.83 bits per heavy atom. The maximum Gasteiger partial charge on any atom is 0.154 e. The van der Waals surface area contributed by atoms with E-state index in [1.54, 1.807) is 0 Å². The van der Waals surface area contributed by atoms with Crippen LogP contribution in [0.2, 0.25) is 0 Å². The average Bonchev–Trinajstić information content (AvgIpc) is 2.34. The summed E-state index contributed by atoms with van der Waals surface area (Å²) in [5.41, 5.74) is 0. The van der Waals surface area contributed by atoms with Crippen LogP contribution in [0, 0.1) is 5.92 Å². The quantitative estimate of drug-likeness (QED) is 0.683. The van der Waals surface area contributed by atoms with E-state index in [2.05, 4.69) is 6.92 Å². The molecule has 0 aromatic rings. The first-order valence-electron chi connectivity index (χ1n) is 8.08. The molecule has 0 aliphatic carbocycles. The van der Waals surface area contributed by atoms with Crippen molar-refractivity contribution in [2.75, 3.05) is 6.61 Å². The molecule has 2 unspecified atom stereocenters. The van der Waals surface area contributed by atoms with Crippen LogP contribution in [-0.4, -0.2) is 18.0 Å². The zero-order chi connectivity index (χ0) is 13.1. The summed E-state index contributed by atoms with van der Waals surface area (Å²) >= 11 is 0.